The highest BCUT2D eigenvalue weighted by atomic mass is 16.6. The van der Waals surface area contributed by atoms with E-state index in [0.717, 1.165) is 11.1 Å². The van der Waals surface area contributed by atoms with Gasteiger partial charge in [0, 0.05) is 12.6 Å². The van der Waals surface area contributed by atoms with Gasteiger partial charge in [0.15, 0.2) is 0 Å². The average molecular weight is 321 g/mol. The molecule has 23 heavy (non-hydrogen) atoms. The van der Waals surface area contributed by atoms with E-state index in [1.165, 1.54) is 7.11 Å². The van der Waals surface area contributed by atoms with Gasteiger partial charge in [-0.3, -0.25) is 0 Å². The Morgan fingerprint density at radius 3 is 2.43 bits per heavy atom. The number of hydrogen-bond acceptors (Lipinski definition) is 4. The number of benzene rings is 1. The molecule has 2 rings (SSSR count). The summed E-state index contributed by atoms with van der Waals surface area (Å²) >= 11 is 0. The van der Waals surface area contributed by atoms with Crippen molar-refractivity contribution < 1.29 is 24.2 Å². The van der Waals surface area contributed by atoms with Crippen LogP contribution in [0.5, 0.6) is 5.75 Å². The number of rotatable bonds is 2. The SMILES string of the molecule is COc1cc2c(cc1C(=O)O)CC(C)N(C(=O)OC(C)(C)C)C2. The summed E-state index contributed by atoms with van der Waals surface area (Å²) in [5.41, 5.74) is 1.40. The lowest BCUT2D eigenvalue weighted by Crippen LogP contribution is -2.45. The molecule has 0 fully saturated rings. The Labute approximate surface area is 136 Å². The molecule has 126 valence electrons. The predicted octanol–water partition coefficient (Wildman–Crippen LogP) is 3.08. The maximum atomic E-state index is 12.3. The monoisotopic (exact) mass is 321 g/mol. The lowest BCUT2D eigenvalue weighted by molar-refractivity contribution is 0.0137. The third-order valence-corrected chi connectivity index (χ3v) is 3.77. The summed E-state index contributed by atoms with van der Waals surface area (Å²) in [6.45, 7) is 7.79. The molecule has 1 aromatic carbocycles. The third kappa shape index (κ3) is 3.75. The molecule has 1 aromatic rings. The highest BCUT2D eigenvalue weighted by Gasteiger charge is 2.31. The van der Waals surface area contributed by atoms with Gasteiger partial charge >= 0.3 is 12.1 Å². The first kappa shape index (κ1) is 17.1. The van der Waals surface area contributed by atoms with Gasteiger partial charge in [-0.05, 0) is 57.4 Å². The highest BCUT2D eigenvalue weighted by Crippen LogP contribution is 2.31. The number of ether oxygens (including phenoxy) is 2. The van der Waals surface area contributed by atoms with Crippen molar-refractivity contribution in [2.45, 2.75) is 52.3 Å². The van der Waals surface area contributed by atoms with Crippen LogP contribution in [-0.2, 0) is 17.7 Å². The Hall–Kier alpha value is -2.24. The number of hydrogen-bond donors (Lipinski definition) is 1. The number of nitrogens with zero attached hydrogens (tertiary/aromatic N) is 1. The molecule has 1 N–H and O–H groups in total. The van der Waals surface area contributed by atoms with E-state index in [-0.39, 0.29) is 17.7 Å². The molecule has 1 unspecified atom stereocenters. The van der Waals surface area contributed by atoms with Crippen LogP contribution in [0, 0.1) is 0 Å². The Kier molecular flexibility index (Phi) is 4.54. The lowest BCUT2D eigenvalue weighted by atomic mass is 9.92. The molecule has 0 radical (unpaired) electrons. The fraction of sp³-hybridized carbons (Fsp3) is 0.529. The summed E-state index contributed by atoms with van der Waals surface area (Å²) in [6.07, 6.45) is 0.218. The number of fused-ring (bicyclic) bond motifs is 1. The van der Waals surface area contributed by atoms with E-state index < -0.39 is 11.6 Å². The summed E-state index contributed by atoms with van der Waals surface area (Å²) in [6, 6.07) is 3.27. The minimum atomic E-state index is -1.02. The minimum Gasteiger partial charge on any atom is -0.496 e. The molecule has 6 heteroatoms. The van der Waals surface area contributed by atoms with Gasteiger partial charge < -0.3 is 19.5 Å². The van der Waals surface area contributed by atoms with Crippen LogP contribution in [0.1, 0.15) is 49.2 Å². The first-order valence-electron chi connectivity index (χ1n) is 7.55. The second-order valence-corrected chi connectivity index (χ2v) is 6.79. The fourth-order valence-corrected chi connectivity index (χ4v) is 2.67. The molecule has 6 nitrogen and oxygen atoms in total. The first-order chi connectivity index (χ1) is 10.6. The second-order valence-electron chi connectivity index (χ2n) is 6.79. The maximum absolute atomic E-state index is 12.3. The van der Waals surface area contributed by atoms with Gasteiger partial charge in [0.25, 0.3) is 0 Å². The van der Waals surface area contributed by atoms with E-state index in [1.807, 2.05) is 27.7 Å². The van der Waals surface area contributed by atoms with Crippen LogP contribution < -0.4 is 4.74 Å². The molecule has 1 amide bonds. The van der Waals surface area contributed by atoms with E-state index in [9.17, 15) is 14.7 Å². The summed E-state index contributed by atoms with van der Waals surface area (Å²) in [5.74, 6) is -0.721. The number of carboxylic acids is 1. The van der Waals surface area contributed by atoms with Crippen LogP contribution >= 0.6 is 0 Å². The van der Waals surface area contributed by atoms with Gasteiger partial charge in [0.1, 0.15) is 16.9 Å². The quantitative estimate of drug-likeness (QED) is 0.906. The van der Waals surface area contributed by atoms with Crippen molar-refractivity contribution in [2.75, 3.05) is 7.11 Å². The van der Waals surface area contributed by atoms with E-state index in [4.69, 9.17) is 9.47 Å². The largest absolute Gasteiger partial charge is 0.496 e. The number of aromatic carboxylic acids is 1. The van der Waals surface area contributed by atoms with Crippen LogP contribution in [0.25, 0.3) is 0 Å². The average Bonchev–Trinajstić information content (AvgIpc) is 2.43. The standard InChI is InChI=1S/C17H23NO5/c1-10-6-11-7-13(15(19)20)14(22-5)8-12(11)9-18(10)16(21)23-17(2,3)4/h7-8,10H,6,9H2,1-5H3,(H,19,20). The summed E-state index contributed by atoms with van der Waals surface area (Å²) < 4.78 is 10.6. The topological polar surface area (TPSA) is 76.1 Å². The van der Waals surface area contributed by atoms with Crippen molar-refractivity contribution in [1.82, 2.24) is 4.90 Å². The third-order valence-electron chi connectivity index (χ3n) is 3.77. The Morgan fingerprint density at radius 1 is 1.26 bits per heavy atom. The number of amides is 1. The van der Waals surface area contributed by atoms with Crippen molar-refractivity contribution in [2.24, 2.45) is 0 Å². The van der Waals surface area contributed by atoms with Crippen molar-refractivity contribution >= 4 is 12.1 Å². The van der Waals surface area contributed by atoms with Gasteiger partial charge in [-0.2, -0.15) is 0 Å². The van der Waals surface area contributed by atoms with Crippen molar-refractivity contribution in [3.05, 3.63) is 28.8 Å². The molecule has 0 saturated carbocycles. The zero-order valence-electron chi connectivity index (χ0n) is 14.2. The van der Waals surface area contributed by atoms with Crippen LogP contribution in [0.4, 0.5) is 4.79 Å². The fourth-order valence-electron chi connectivity index (χ4n) is 2.67. The summed E-state index contributed by atoms with van der Waals surface area (Å²) in [7, 11) is 1.44. The van der Waals surface area contributed by atoms with E-state index in [2.05, 4.69) is 0 Å². The highest BCUT2D eigenvalue weighted by molar-refractivity contribution is 5.91. The lowest BCUT2D eigenvalue weighted by Gasteiger charge is -2.36. The van der Waals surface area contributed by atoms with Gasteiger partial charge in [0.2, 0.25) is 0 Å². The maximum Gasteiger partial charge on any atom is 0.410 e. The van der Waals surface area contributed by atoms with Gasteiger partial charge in [0.05, 0.1) is 7.11 Å². The normalized spacial score (nSPS) is 17.4. The minimum absolute atomic E-state index is 0.0626. The van der Waals surface area contributed by atoms with Crippen molar-refractivity contribution in [3.63, 3.8) is 0 Å². The summed E-state index contributed by atoms with van der Waals surface area (Å²) in [4.78, 5) is 25.3. The van der Waals surface area contributed by atoms with Crippen LogP contribution in [-0.4, -0.2) is 40.8 Å². The smallest absolute Gasteiger partial charge is 0.410 e. The van der Waals surface area contributed by atoms with E-state index >= 15 is 0 Å². The molecule has 1 atom stereocenters. The molecule has 1 aliphatic heterocycles. The van der Waals surface area contributed by atoms with Gasteiger partial charge in [-0.1, -0.05) is 0 Å². The predicted molar refractivity (Wildman–Crippen MR) is 84.9 cm³/mol. The number of carbonyl (C=O) groups excluding carboxylic acids is 1. The van der Waals surface area contributed by atoms with Crippen molar-refractivity contribution in [1.29, 1.82) is 0 Å². The zero-order valence-corrected chi connectivity index (χ0v) is 14.2. The van der Waals surface area contributed by atoms with E-state index in [0.29, 0.717) is 18.7 Å². The number of methoxy groups -OCH3 is 1. The van der Waals surface area contributed by atoms with Crippen LogP contribution in [0.2, 0.25) is 0 Å². The van der Waals surface area contributed by atoms with Crippen LogP contribution in [0.15, 0.2) is 12.1 Å². The Balaban J connectivity index is 2.32. The van der Waals surface area contributed by atoms with Crippen LogP contribution in [0.3, 0.4) is 0 Å². The Morgan fingerprint density at radius 2 is 1.91 bits per heavy atom. The number of carboxylic acid groups (broad SMARTS) is 1. The molecule has 1 heterocycles. The molecule has 0 bridgehead atoms. The van der Waals surface area contributed by atoms with Crippen molar-refractivity contribution in [3.8, 4) is 5.75 Å². The Bertz CT molecular complexity index is 633. The zero-order chi connectivity index (χ0) is 17.4. The first-order valence-corrected chi connectivity index (χ1v) is 7.55. The van der Waals surface area contributed by atoms with Gasteiger partial charge in [-0.25, -0.2) is 9.59 Å². The molecule has 0 aliphatic carbocycles. The molecule has 1 aliphatic rings. The molecule has 0 aromatic heterocycles. The second kappa shape index (κ2) is 6.10. The molecule has 0 spiro atoms. The van der Waals surface area contributed by atoms with E-state index in [1.54, 1.807) is 17.0 Å². The summed E-state index contributed by atoms with van der Waals surface area (Å²) in [5, 5.41) is 9.27. The molecule has 0 saturated heterocycles. The molecular weight excluding hydrogens is 298 g/mol. The molecular formula is C17H23NO5. The number of carbonyl (C=O) groups is 2. The van der Waals surface area contributed by atoms with Gasteiger partial charge in [-0.15, -0.1) is 0 Å².